The van der Waals surface area contributed by atoms with Crippen LogP contribution in [0, 0.1) is 0 Å². The molecule has 0 saturated carbocycles. The smallest absolute Gasteiger partial charge is 0.240 e. The van der Waals surface area contributed by atoms with Crippen molar-refractivity contribution in [3.05, 3.63) is 35.5 Å². The van der Waals surface area contributed by atoms with Crippen molar-refractivity contribution in [2.24, 2.45) is 4.99 Å². The third-order valence-corrected chi connectivity index (χ3v) is 3.12. The second-order valence-electron chi connectivity index (χ2n) is 4.13. The molecular formula is C13H11N3O. The maximum Gasteiger partial charge on any atom is 0.240 e. The molecule has 4 heteroatoms. The van der Waals surface area contributed by atoms with Gasteiger partial charge in [-0.15, -0.1) is 0 Å². The van der Waals surface area contributed by atoms with Gasteiger partial charge in [-0.3, -0.25) is 5.10 Å². The molecule has 84 valence electrons. The summed E-state index contributed by atoms with van der Waals surface area (Å²) in [6.07, 6.45) is 4.92. The topological polar surface area (TPSA) is 58.1 Å². The Morgan fingerprint density at radius 3 is 2.82 bits per heavy atom. The summed E-state index contributed by atoms with van der Waals surface area (Å²) in [6, 6.07) is 7.47. The van der Waals surface area contributed by atoms with Gasteiger partial charge in [0.1, 0.15) is 0 Å². The van der Waals surface area contributed by atoms with Crippen LogP contribution in [0.2, 0.25) is 0 Å². The van der Waals surface area contributed by atoms with Crippen molar-refractivity contribution >= 4 is 11.8 Å². The molecule has 1 aliphatic carbocycles. The summed E-state index contributed by atoms with van der Waals surface area (Å²) in [5.41, 5.74) is 5.30. The van der Waals surface area contributed by atoms with Crippen LogP contribution < -0.4 is 0 Å². The highest BCUT2D eigenvalue weighted by Crippen LogP contribution is 2.30. The molecule has 3 rings (SSSR count). The number of aliphatic imine (C=N–C) groups is 1. The minimum atomic E-state index is 0.621. The van der Waals surface area contributed by atoms with Crippen molar-refractivity contribution in [3.8, 4) is 11.3 Å². The number of aryl methyl sites for hydroxylation is 1. The number of fused-ring (bicyclic) bond motifs is 1. The second-order valence-corrected chi connectivity index (χ2v) is 4.13. The Labute approximate surface area is 98.4 Å². The minimum Gasteiger partial charge on any atom is -0.282 e. The molecule has 4 nitrogen and oxygen atoms in total. The highest BCUT2D eigenvalue weighted by molar-refractivity contribution is 5.67. The number of benzene rings is 1. The van der Waals surface area contributed by atoms with Crippen molar-refractivity contribution in [2.45, 2.75) is 19.3 Å². The number of nitrogens with zero attached hydrogens (tertiary/aromatic N) is 2. The summed E-state index contributed by atoms with van der Waals surface area (Å²) in [5.74, 6) is 0. The van der Waals surface area contributed by atoms with E-state index >= 15 is 0 Å². The largest absolute Gasteiger partial charge is 0.282 e. The van der Waals surface area contributed by atoms with Crippen molar-refractivity contribution in [1.29, 1.82) is 0 Å². The van der Waals surface area contributed by atoms with E-state index in [2.05, 4.69) is 15.2 Å². The highest BCUT2D eigenvalue weighted by Gasteiger charge is 2.18. The summed E-state index contributed by atoms with van der Waals surface area (Å²) in [5, 5.41) is 7.44. The molecule has 0 spiro atoms. The molecule has 0 saturated heterocycles. The number of nitrogens with one attached hydrogen (secondary N) is 1. The van der Waals surface area contributed by atoms with E-state index in [0.717, 1.165) is 24.1 Å². The van der Waals surface area contributed by atoms with Crippen molar-refractivity contribution in [2.75, 3.05) is 0 Å². The normalized spacial score (nSPS) is 13.2. The summed E-state index contributed by atoms with van der Waals surface area (Å²) in [6.45, 7) is 0. The molecule has 0 unspecified atom stereocenters. The zero-order chi connectivity index (χ0) is 11.7. The summed E-state index contributed by atoms with van der Waals surface area (Å²) in [4.78, 5) is 13.7. The maximum absolute atomic E-state index is 10.1. The molecule has 0 atom stereocenters. The monoisotopic (exact) mass is 225 g/mol. The van der Waals surface area contributed by atoms with Gasteiger partial charge in [0.15, 0.2) is 0 Å². The number of isocyanates is 1. The fraction of sp³-hybridized carbons (Fsp3) is 0.231. The molecule has 1 heterocycles. The van der Waals surface area contributed by atoms with Gasteiger partial charge in [-0.2, -0.15) is 10.1 Å². The SMILES string of the molecule is O=C=Nc1ccc(-c2n[nH]c3c2CCC3)cc1. The van der Waals surface area contributed by atoms with Gasteiger partial charge in [0, 0.05) is 16.8 Å². The number of hydrogen-bond acceptors (Lipinski definition) is 3. The van der Waals surface area contributed by atoms with E-state index in [1.165, 1.54) is 23.8 Å². The number of aromatic nitrogens is 2. The van der Waals surface area contributed by atoms with Crippen molar-refractivity contribution in [1.82, 2.24) is 10.2 Å². The van der Waals surface area contributed by atoms with Gasteiger partial charge in [0.05, 0.1) is 11.4 Å². The van der Waals surface area contributed by atoms with E-state index in [0.29, 0.717) is 5.69 Å². The minimum absolute atomic E-state index is 0.621. The molecule has 1 N–H and O–H groups in total. The van der Waals surface area contributed by atoms with Crippen molar-refractivity contribution < 1.29 is 4.79 Å². The molecule has 1 aliphatic rings. The van der Waals surface area contributed by atoms with E-state index in [-0.39, 0.29) is 0 Å². The van der Waals surface area contributed by atoms with E-state index in [1.807, 2.05) is 12.1 Å². The van der Waals surface area contributed by atoms with Gasteiger partial charge in [0.25, 0.3) is 0 Å². The lowest BCUT2D eigenvalue weighted by Crippen LogP contribution is -1.83. The Kier molecular flexibility index (Phi) is 2.35. The van der Waals surface area contributed by atoms with Crippen LogP contribution in [0.5, 0.6) is 0 Å². The van der Waals surface area contributed by atoms with Crippen LogP contribution in [0.3, 0.4) is 0 Å². The molecule has 0 aliphatic heterocycles. The molecule has 0 bridgehead atoms. The number of hydrogen-bond donors (Lipinski definition) is 1. The molecule has 0 fully saturated rings. The fourth-order valence-electron chi connectivity index (χ4n) is 2.30. The zero-order valence-electron chi connectivity index (χ0n) is 9.23. The van der Waals surface area contributed by atoms with E-state index in [9.17, 15) is 4.79 Å². The highest BCUT2D eigenvalue weighted by atomic mass is 16.1. The van der Waals surface area contributed by atoms with Gasteiger partial charge in [-0.1, -0.05) is 12.1 Å². The van der Waals surface area contributed by atoms with Crippen LogP contribution >= 0.6 is 0 Å². The van der Waals surface area contributed by atoms with Gasteiger partial charge >= 0.3 is 0 Å². The van der Waals surface area contributed by atoms with Crippen LogP contribution in [-0.4, -0.2) is 16.3 Å². The van der Waals surface area contributed by atoms with Crippen LogP contribution in [0.1, 0.15) is 17.7 Å². The van der Waals surface area contributed by atoms with E-state index in [4.69, 9.17) is 0 Å². The predicted octanol–water partition coefficient (Wildman–Crippen LogP) is 2.53. The molecule has 2 aromatic rings. The molecular weight excluding hydrogens is 214 g/mol. The lowest BCUT2D eigenvalue weighted by atomic mass is 10.1. The lowest BCUT2D eigenvalue weighted by Gasteiger charge is -1.99. The van der Waals surface area contributed by atoms with E-state index in [1.54, 1.807) is 12.1 Å². The average Bonchev–Trinajstić information content (AvgIpc) is 2.93. The molecule has 17 heavy (non-hydrogen) atoms. The van der Waals surface area contributed by atoms with Gasteiger partial charge in [-0.25, -0.2) is 4.79 Å². The Balaban J connectivity index is 2.01. The van der Waals surface area contributed by atoms with Gasteiger partial charge in [0.2, 0.25) is 6.08 Å². The summed E-state index contributed by atoms with van der Waals surface area (Å²) in [7, 11) is 0. The second kappa shape index (κ2) is 4.00. The molecule has 0 amide bonds. The maximum atomic E-state index is 10.1. The first-order valence-corrected chi connectivity index (χ1v) is 5.63. The number of H-pyrrole nitrogens is 1. The first kappa shape index (κ1) is 10.00. The molecule has 0 radical (unpaired) electrons. The van der Waals surface area contributed by atoms with Crippen molar-refractivity contribution in [3.63, 3.8) is 0 Å². The quantitative estimate of drug-likeness (QED) is 0.630. The number of aromatic amines is 1. The number of rotatable bonds is 2. The van der Waals surface area contributed by atoms with Crippen LogP contribution in [0.25, 0.3) is 11.3 Å². The van der Waals surface area contributed by atoms with Crippen LogP contribution in [-0.2, 0) is 17.6 Å². The Morgan fingerprint density at radius 2 is 2.06 bits per heavy atom. The lowest BCUT2D eigenvalue weighted by molar-refractivity contribution is 0.565. The summed E-state index contributed by atoms with van der Waals surface area (Å²) < 4.78 is 0. The molecule has 1 aromatic heterocycles. The van der Waals surface area contributed by atoms with Gasteiger partial charge in [-0.05, 0) is 31.4 Å². The zero-order valence-corrected chi connectivity index (χ0v) is 9.23. The summed E-state index contributed by atoms with van der Waals surface area (Å²) >= 11 is 0. The Hall–Kier alpha value is -2.19. The third kappa shape index (κ3) is 1.69. The standard InChI is InChI=1S/C13H11N3O/c17-8-14-10-6-4-9(5-7-10)13-11-2-1-3-12(11)15-16-13/h4-7H,1-3H2,(H,15,16). The first-order chi connectivity index (χ1) is 8.38. The Bertz CT molecular complexity index is 592. The van der Waals surface area contributed by atoms with E-state index < -0.39 is 0 Å². The first-order valence-electron chi connectivity index (χ1n) is 5.63. The predicted molar refractivity (Wildman–Crippen MR) is 63.8 cm³/mol. The average molecular weight is 225 g/mol. The molecule has 1 aromatic carbocycles. The van der Waals surface area contributed by atoms with Crippen LogP contribution in [0.15, 0.2) is 29.3 Å². The fourth-order valence-corrected chi connectivity index (χ4v) is 2.30. The van der Waals surface area contributed by atoms with Crippen LogP contribution in [0.4, 0.5) is 5.69 Å². The third-order valence-electron chi connectivity index (χ3n) is 3.12. The van der Waals surface area contributed by atoms with Gasteiger partial charge < -0.3 is 0 Å². The number of carbonyl (C=O) groups excluding carboxylic acids is 1. The Morgan fingerprint density at radius 1 is 1.24 bits per heavy atom.